The highest BCUT2D eigenvalue weighted by molar-refractivity contribution is 7.99. The van der Waals surface area contributed by atoms with Crippen molar-refractivity contribution in [2.45, 2.75) is 12.2 Å². The molecule has 0 aliphatic rings. The topological polar surface area (TPSA) is 47.6 Å². The van der Waals surface area contributed by atoms with E-state index in [0.29, 0.717) is 17.2 Å². The number of rotatable bonds is 5. The molecule has 1 amide bonds. The Morgan fingerprint density at radius 1 is 1.35 bits per heavy atom. The summed E-state index contributed by atoms with van der Waals surface area (Å²) in [5.41, 5.74) is 0.623. The first-order valence-corrected chi connectivity index (χ1v) is 6.46. The third kappa shape index (κ3) is 3.56. The van der Waals surface area contributed by atoms with Gasteiger partial charge in [0.1, 0.15) is 11.5 Å². The van der Waals surface area contributed by atoms with Gasteiger partial charge in [-0.3, -0.25) is 4.79 Å². The summed E-state index contributed by atoms with van der Waals surface area (Å²) in [7, 11) is 3.15. The van der Waals surface area contributed by atoms with Crippen LogP contribution in [0.5, 0.6) is 11.5 Å². The molecule has 1 rings (SSSR count). The zero-order chi connectivity index (χ0) is 12.8. The minimum Gasteiger partial charge on any atom is -0.497 e. The number of carbonyl (C=O) groups excluding carboxylic acids is 1. The van der Waals surface area contributed by atoms with Crippen LogP contribution in [0, 0.1) is 0 Å². The molecule has 0 fully saturated rings. The predicted molar refractivity (Wildman–Crippen MR) is 71.2 cm³/mol. The van der Waals surface area contributed by atoms with Crippen molar-refractivity contribution in [3.63, 3.8) is 0 Å². The van der Waals surface area contributed by atoms with Gasteiger partial charge in [-0.05, 0) is 25.3 Å². The first-order valence-electron chi connectivity index (χ1n) is 5.18. The molecule has 4 nitrogen and oxygen atoms in total. The van der Waals surface area contributed by atoms with Gasteiger partial charge in [0.05, 0.1) is 25.2 Å². The van der Waals surface area contributed by atoms with Crippen LogP contribution < -0.4 is 14.8 Å². The predicted octanol–water partition coefficient (Wildman–Crippen LogP) is 2.39. The number of hydrogen-bond acceptors (Lipinski definition) is 4. The Balaban J connectivity index is 2.91. The summed E-state index contributed by atoms with van der Waals surface area (Å²) in [6, 6.07) is 5.29. The minimum atomic E-state index is -0.106. The maximum atomic E-state index is 11.8. The maximum Gasteiger partial charge on any atom is 0.237 e. The number of amides is 1. The van der Waals surface area contributed by atoms with E-state index < -0.39 is 0 Å². The van der Waals surface area contributed by atoms with Gasteiger partial charge in [-0.2, -0.15) is 11.8 Å². The summed E-state index contributed by atoms with van der Waals surface area (Å²) in [5, 5.41) is 2.72. The molecule has 0 saturated carbocycles. The van der Waals surface area contributed by atoms with Crippen LogP contribution in [0.15, 0.2) is 18.2 Å². The molecule has 0 aliphatic carbocycles. The van der Waals surface area contributed by atoms with Gasteiger partial charge < -0.3 is 14.8 Å². The van der Waals surface area contributed by atoms with Crippen LogP contribution >= 0.6 is 11.8 Å². The summed E-state index contributed by atoms with van der Waals surface area (Å²) in [6.07, 6.45) is 1.90. The molecule has 94 valence electrons. The minimum absolute atomic E-state index is 0.0518. The molecule has 0 heterocycles. The zero-order valence-corrected chi connectivity index (χ0v) is 11.3. The van der Waals surface area contributed by atoms with Gasteiger partial charge in [0.25, 0.3) is 0 Å². The average molecular weight is 255 g/mol. The standard InChI is InChI=1S/C12H17NO3S/c1-8(17-4)12(14)13-10-7-9(15-2)5-6-11(10)16-3/h5-8H,1-4H3,(H,13,14). The molecule has 0 saturated heterocycles. The average Bonchev–Trinajstić information content (AvgIpc) is 2.37. The number of nitrogens with one attached hydrogen (secondary N) is 1. The van der Waals surface area contributed by atoms with Gasteiger partial charge >= 0.3 is 0 Å². The molecule has 0 bridgehead atoms. The van der Waals surface area contributed by atoms with Crippen LogP contribution in [0.1, 0.15) is 6.92 Å². The third-order valence-corrected chi connectivity index (χ3v) is 3.31. The van der Waals surface area contributed by atoms with Crippen LogP contribution in [0.25, 0.3) is 0 Å². The number of anilines is 1. The third-order valence-electron chi connectivity index (χ3n) is 2.39. The largest absolute Gasteiger partial charge is 0.497 e. The second-order valence-electron chi connectivity index (χ2n) is 3.43. The zero-order valence-electron chi connectivity index (χ0n) is 10.4. The molecule has 1 atom stereocenters. The molecular formula is C12H17NO3S. The summed E-state index contributed by atoms with van der Waals surface area (Å²) in [5.74, 6) is 1.24. The lowest BCUT2D eigenvalue weighted by molar-refractivity contribution is -0.115. The fraction of sp³-hybridized carbons (Fsp3) is 0.417. The molecule has 17 heavy (non-hydrogen) atoms. The van der Waals surface area contributed by atoms with Gasteiger partial charge in [-0.1, -0.05) is 0 Å². The number of methoxy groups -OCH3 is 2. The van der Waals surface area contributed by atoms with Gasteiger partial charge in [0, 0.05) is 6.07 Å². The van der Waals surface area contributed by atoms with E-state index in [1.165, 1.54) is 11.8 Å². The number of benzene rings is 1. The van der Waals surface area contributed by atoms with Crippen molar-refractivity contribution in [1.29, 1.82) is 0 Å². The van der Waals surface area contributed by atoms with Crippen LogP contribution in [-0.4, -0.2) is 31.6 Å². The second-order valence-corrected chi connectivity index (χ2v) is 4.61. The van der Waals surface area contributed by atoms with Crippen molar-refractivity contribution in [2.75, 3.05) is 25.8 Å². The molecule has 0 radical (unpaired) electrons. The molecule has 0 aliphatic heterocycles. The van der Waals surface area contributed by atoms with Gasteiger partial charge in [-0.25, -0.2) is 0 Å². The van der Waals surface area contributed by atoms with Crippen LogP contribution in [0.2, 0.25) is 0 Å². The van der Waals surface area contributed by atoms with Gasteiger partial charge in [0.15, 0.2) is 0 Å². The lowest BCUT2D eigenvalue weighted by Crippen LogP contribution is -2.22. The molecule has 0 spiro atoms. The van der Waals surface area contributed by atoms with E-state index in [2.05, 4.69) is 5.32 Å². The van der Waals surface area contributed by atoms with Crippen molar-refractivity contribution in [2.24, 2.45) is 0 Å². The lowest BCUT2D eigenvalue weighted by Gasteiger charge is -2.13. The molecule has 0 aromatic heterocycles. The van der Waals surface area contributed by atoms with Crippen molar-refractivity contribution in [3.8, 4) is 11.5 Å². The Kier molecular flexibility index (Phi) is 5.15. The van der Waals surface area contributed by atoms with Crippen molar-refractivity contribution in [3.05, 3.63) is 18.2 Å². The number of ether oxygens (including phenoxy) is 2. The molecule has 1 aromatic rings. The lowest BCUT2D eigenvalue weighted by atomic mass is 10.2. The maximum absolute atomic E-state index is 11.8. The Morgan fingerprint density at radius 3 is 2.59 bits per heavy atom. The molecule has 1 N–H and O–H groups in total. The Hall–Kier alpha value is -1.36. The summed E-state index contributed by atoms with van der Waals surface area (Å²) in [4.78, 5) is 11.8. The van der Waals surface area contributed by atoms with Crippen LogP contribution in [-0.2, 0) is 4.79 Å². The fourth-order valence-corrected chi connectivity index (χ4v) is 1.53. The normalized spacial score (nSPS) is 11.8. The number of carbonyl (C=O) groups is 1. The summed E-state index contributed by atoms with van der Waals surface area (Å²) in [6.45, 7) is 1.85. The Labute approximate surface area is 106 Å². The quantitative estimate of drug-likeness (QED) is 0.877. The molecular weight excluding hydrogens is 238 g/mol. The van der Waals surface area contributed by atoms with Crippen LogP contribution in [0.3, 0.4) is 0 Å². The van der Waals surface area contributed by atoms with E-state index >= 15 is 0 Å². The highest BCUT2D eigenvalue weighted by Gasteiger charge is 2.14. The van der Waals surface area contributed by atoms with E-state index in [-0.39, 0.29) is 11.2 Å². The monoisotopic (exact) mass is 255 g/mol. The number of thioether (sulfide) groups is 1. The van der Waals surface area contributed by atoms with E-state index in [0.717, 1.165) is 0 Å². The fourth-order valence-electron chi connectivity index (χ4n) is 1.25. The Morgan fingerprint density at radius 2 is 2.06 bits per heavy atom. The molecule has 1 aromatic carbocycles. The van der Waals surface area contributed by atoms with E-state index in [9.17, 15) is 4.79 Å². The van der Waals surface area contributed by atoms with E-state index in [1.807, 2.05) is 13.2 Å². The van der Waals surface area contributed by atoms with Gasteiger partial charge in [0.2, 0.25) is 5.91 Å². The van der Waals surface area contributed by atoms with Gasteiger partial charge in [-0.15, -0.1) is 0 Å². The first-order chi connectivity index (χ1) is 8.12. The first kappa shape index (κ1) is 13.7. The molecule has 1 unspecified atom stereocenters. The molecule has 5 heteroatoms. The van der Waals surface area contributed by atoms with E-state index in [4.69, 9.17) is 9.47 Å². The van der Waals surface area contributed by atoms with Crippen molar-refractivity contribution >= 4 is 23.4 Å². The summed E-state index contributed by atoms with van der Waals surface area (Å²) >= 11 is 1.49. The van der Waals surface area contributed by atoms with Crippen molar-refractivity contribution < 1.29 is 14.3 Å². The second kappa shape index (κ2) is 6.39. The van der Waals surface area contributed by atoms with Crippen LogP contribution in [0.4, 0.5) is 5.69 Å². The Bertz CT molecular complexity index is 395. The SMILES string of the molecule is COc1ccc(OC)c(NC(=O)C(C)SC)c1. The number of hydrogen-bond donors (Lipinski definition) is 1. The van der Waals surface area contributed by atoms with E-state index in [1.54, 1.807) is 32.4 Å². The van der Waals surface area contributed by atoms with Crippen molar-refractivity contribution in [1.82, 2.24) is 0 Å². The smallest absolute Gasteiger partial charge is 0.237 e. The summed E-state index contributed by atoms with van der Waals surface area (Å²) < 4.78 is 10.3. The highest BCUT2D eigenvalue weighted by atomic mass is 32.2. The highest BCUT2D eigenvalue weighted by Crippen LogP contribution is 2.29.